The van der Waals surface area contributed by atoms with Crippen LogP contribution in [0, 0.1) is 5.92 Å². The molecule has 1 amide bonds. The second-order valence-electron chi connectivity index (χ2n) is 5.56. The molecule has 5 nitrogen and oxygen atoms in total. The van der Waals surface area contributed by atoms with Crippen molar-refractivity contribution < 1.29 is 4.79 Å². The van der Waals surface area contributed by atoms with Crippen LogP contribution in [0.5, 0.6) is 0 Å². The molecule has 2 rings (SSSR count). The quantitative estimate of drug-likeness (QED) is 0.918. The van der Waals surface area contributed by atoms with Crippen LogP contribution in [-0.2, 0) is 0 Å². The summed E-state index contributed by atoms with van der Waals surface area (Å²) in [6.07, 6.45) is 4.40. The Kier molecular flexibility index (Phi) is 5.32. The number of aromatic nitrogens is 2. The number of rotatable bonds is 4. The first-order valence-corrected chi connectivity index (χ1v) is 7.57. The molecule has 2 heterocycles. The largest absolute Gasteiger partial charge is 0.369 e. The van der Waals surface area contributed by atoms with Gasteiger partial charge in [-0.25, -0.2) is 0 Å². The first-order chi connectivity index (χ1) is 9.70. The Morgan fingerprint density at radius 3 is 2.90 bits per heavy atom. The van der Waals surface area contributed by atoms with Crippen LogP contribution in [0.15, 0.2) is 12.1 Å². The molecule has 0 spiro atoms. The molecule has 0 aromatic carbocycles. The summed E-state index contributed by atoms with van der Waals surface area (Å²) < 4.78 is 0. The van der Waals surface area contributed by atoms with Crippen LogP contribution < -0.4 is 5.32 Å². The molecule has 0 saturated carbocycles. The van der Waals surface area contributed by atoms with Crippen molar-refractivity contribution in [2.24, 2.45) is 5.92 Å². The molecule has 1 N–H and O–H groups in total. The fourth-order valence-corrected chi connectivity index (χ4v) is 2.42. The number of anilines is 1. The van der Waals surface area contributed by atoms with Crippen molar-refractivity contribution in [1.29, 1.82) is 0 Å². The maximum absolute atomic E-state index is 12.4. The van der Waals surface area contributed by atoms with E-state index in [0.29, 0.717) is 11.6 Å². The number of nitrogens with one attached hydrogen (secondary N) is 1. The van der Waals surface area contributed by atoms with Gasteiger partial charge in [0, 0.05) is 19.6 Å². The van der Waals surface area contributed by atoms with E-state index in [4.69, 9.17) is 0 Å². The second-order valence-corrected chi connectivity index (χ2v) is 5.56. The highest BCUT2D eigenvalue weighted by Gasteiger charge is 2.20. The van der Waals surface area contributed by atoms with Crippen LogP contribution >= 0.6 is 0 Å². The molecule has 0 bridgehead atoms. The maximum Gasteiger partial charge on any atom is 0.274 e. The summed E-state index contributed by atoms with van der Waals surface area (Å²) in [4.78, 5) is 14.3. The molecule has 0 aliphatic carbocycles. The van der Waals surface area contributed by atoms with E-state index in [1.165, 1.54) is 6.42 Å². The molecule has 1 aliphatic rings. The molecule has 20 heavy (non-hydrogen) atoms. The lowest BCUT2D eigenvalue weighted by atomic mass is 10.0. The lowest BCUT2D eigenvalue weighted by Crippen LogP contribution is -2.32. The molecule has 1 atom stereocenters. The summed E-state index contributed by atoms with van der Waals surface area (Å²) in [6.45, 7) is 6.88. The van der Waals surface area contributed by atoms with Gasteiger partial charge >= 0.3 is 0 Å². The number of carbonyl (C=O) groups excluding carboxylic acids is 1. The van der Waals surface area contributed by atoms with Crippen molar-refractivity contribution in [3.05, 3.63) is 17.8 Å². The summed E-state index contributed by atoms with van der Waals surface area (Å²) in [5.41, 5.74) is 0.446. The summed E-state index contributed by atoms with van der Waals surface area (Å²) >= 11 is 0. The number of carbonyl (C=O) groups is 1. The second kappa shape index (κ2) is 7.22. The highest BCUT2D eigenvalue weighted by atomic mass is 16.2. The van der Waals surface area contributed by atoms with Gasteiger partial charge in [0.05, 0.1) is 0 Å². The number of hydrogen-bond donors (Lipinski definition) is 1. The minimum atomic E-state index is 0.00800. The zero-order chi connectivity index (χ0) is 14.4. The highest BCUT2D eigenvalue weighted by molar-refractivity contribution is 5.92. The van der Waals surface area contributed by atoms with Gasteiger partial charge in [-0.05, 0) is 43.7 Å². The fourth-order valence-electron chi connectivity index (χ4n) is 2.42. The molecule has 0 radical (unpaired) electrons. The number of hydrogen-bond acceptors (Lipinski definition) is 4. The summed E-state index contributed by atoms with van der Waals surface area (Å²) in [5, 5.41) is 11.3. The van der Waals surface area contributed by atoms with Crippen LogP contribution in [0.3, 0.4) is 0 Å². The van der Waals surface area contributed by atoms with Crippen LogP contribution in [0.4, 0.5) is 5.82 Å². The zero-order valence-corrected chi connectivity index (χ0v) is 12.4. The molecule has 1 fully saturated rings. The smallest absolute Gasteiger partial charge is 0.274 e. The van der Waals surface area contributed by atoms with Crippen molar-refractivity contribution in [2.45, 2.75) is 39.5 Å². The average molecular weight is 276 g/mol. The lowest BCUT2D eigenvalue weighted by molar-refractivity contribution is 0.0753. The van der Waals surface area contributed by atoms with Crippen molar-refractivity contribution in [1.82, 2.24) is 15.1 Å². The summed E-state index contributed by atoms with van der Waals surface area (Å²) in [5.74, 6) is 1.45. The van der Waals surface area contributed by atoms with Crippen LogP contribution in [0.25, 0.3) is 0 Å². The fraction of sp³-hybridized carbons (Fsp3) is 0.667. The Hall–Kier alpha value is -1.65. The van der Waals surface area contributed by atoms with E-state index < -0.39 is 0 Å². The van der Waals surface area contributed by atoms with Gasteiger partial charge in [0.15, 0.2) is 5.69 Å². The Labute approximate surface area is 120 Å². The molecule has 1 unspecified atom stereocenters. The van der Waals surface area contributed by atoms with Crippen molar-refractivity contribution in [3.63, 3.8) is 0 Å². The predicted octanol–water partition coefficient (Wildman–Crippen LogP) is 2.56. The van der Waals surface area contributed by atoms with Gasteiger partial charge in [-0.2, -0.15) is 0 Å². The molecule has 110 valence electrons. The minimum absolute atomic E-state index is 0.00800. The highest BCUT2D eigenvalue weighted by Crippen LogP contribution is 2.17. The Balaban J connectivity index is 1.97. The van der Waals surface area contributed by atoms with E-state index in [0.717, 1.165) is 44.7 Å². The van der Waals surface area contributed by atoms with Crippen molar-refractivity contribution in [3.8, 4) is 0 Å². The van der Waals surface area contributed by atoms with Gasteiger partial charge in [0.1, 0.15) is 5.82 Å². The predicted molar refractivity (Wildman–Crippen MR) is 79.7 cm³/mol. The molecule has 1 aromatic heterocycles. The van der Waals surface area contributed by atoms with E-state index in [-0.39, 0.29) is 5.91 Å². The molecular formula is C15H24N4O. The molecule has 1 aliphatic heterocycles. The Morgan fingerprint density at radius 2 is 2.20 bits per heavy atom. The third kappa shape index (κ3) is 3.92. The number of nitrogens with zero attached hydrogens (tertiary/aromatic N) is 3. The van der Waals surface area contributed by atoms with Crippen LogP contribution in [-0.4, -0.2) is 40.6 Å². The third-order valence-corrected chi connectivity index (χ3v) is 3.74. The van der Waals surface area contributed by atoms with Crippen LogP contribution in [0.2, 0.25) is 0 Å². The minimum Gasteiger partial charge on any atom is -0.369 e. The van der Waals surface area contributed by atoms with Gasteiger partial charge in [-0.3, -0.25) is 4.79 Å². The maximum atomic E-state index is 12.4. The molecule has 1 saturated heterocycles. The zero-order valence-electron chi connectivity index (χ0n) is 12.4. The van der Waals surface area contributed by atoms with E-state index >= 15 is 0 Å². The van der Waals surface area contributed by atoms with E-state index in [9.17, 15) is 4.79 Å². The van der Waals surface area contributed by atoms with Gasteiger partial charge in [-0.1, -0.05) is 13.8 Å². The number of amides is 1. The van der Waals surface area contributed by atoms with Gasteiger partial charge < -0.3 is 10.2 Å². The van der Waals surface area contributed by atoms with Crippen molar-refractivity contribution in [2.75, 3.05) is 25.0 Å². The van der Waals surface area contributed by atoms with E-state index in [2.05, 4.69) is 29.4 Å². The summed E-state index contributed by atoms with van der Waals surface area (Å²) in [7, 11) is 0. The van der Waals surface area contributed by atoms with E-state index in [1.54, 1.807) is 6.07 Å². The normalized spacial score (nSPS) is 19.5. The monoisotopic (exact) mass is 276 g/mol. The number of likely N-dealkylation sites (tertiary alicyclic amines) is 1. The Morgan fingerprint density at radius 1 is 1.35 bits per heavy atom. The van der Waals surface area contributed by atoms with E-state index in [1.807, 2.05) is 11.0 Å². The van der Waals surface area contributed by atoms with Gasteiger partial charge in [-0.15, -0.1) is 10.2 Å². The van der Waals surface area contributed by atoms with Crippen LogP contribution in [0.1, 0.15) is 50.0 Å². The SMILES string of the molecule is CCCNc1ccc(C(=O)N2CCCC(C)CC2)nn1. The lowest BCUT2D eigenvalue weighted by Gasteiger charge is -2.19. The summed E-state index contributed by atoms with van der Waals surface area (Å²) in [6, 6.07) is 3.60. The molecule has 5 heteroatoms. The standard InChI is InChI=1S/C15H24N4O/c1-3-9-16-14-7-6-13(17-18-14)15(20)19-10-4-5-12(2)8-11-19/h6-7,12H,3-5,8-11H2,1-2H3,(H,16,18). The average Bonchev–Trinajstić information content (AvgIpc) is 2.70. The first kappa shape index (κ1) is 14.8. The van der Waals surface area contributed by atoms with Gasteiger partial charge in [0.2, 0.25) is 0 Å². The third-order valence-electron chi connectivity index (χ3n) is 3.74. The first-order valence-electron chi connectivity index (χ1n) is 7.57. The topological polar surface area (TPSA) is 58.1 Å². The molecule has 1 aromatic rings. The van der Waals surface area contributed by atoms with Gasteiger partial charge in [0.25, 0.3) is 5.91 Å². The van der Waals surface area contributed by atoms with Crippen molar-refractivity contribution >= 4 is 11.7 Å². The Bertz CT molecular complexity index is 432. The molecular weight excluding hydrogens is 252 g/mol.